The van der Waals surface area contributed by atoms with Crippen LogP contribution in [0.5, 0.6) is 0 Å². The molecule has 0 saturated heterocycles. The van der Waals surface area contributed by atoms with E-state index in [-0.39, 0.29) is 11.4 Å². The number of rotatable bonds is 6. The maximum Gasteiger partial charge on any atom is 0.303 e. The van der Waals surface area contributed by atoms with Gasteiger partial charge in [0.2, 0.25) is 0 Å². The fourth-order valence-corrected chi connectivity index (χ4v) is 9.04. The molecule has 32 heavy (non-hydrogen) atoms. The van der Waals surface area contributed by atoms with Crippen molar-refractivity contribution in [3.8, 4) is 0 Å². The molecule has 3 heteroatoms. The lowest BCUT2D eigenvalue weighted by Gasteiger charge is -2.59. The molecule has 0 spiro atoms. The summed E-state index contributed by atoms with van der Waals surface area (Å²) in [7, 11) is 0. The fraction of sp³-hybridized carbons (Fsp3) is 0.897. The number of carbonyl (C=O) groups is 1. The van der Waals surface area contributed by atoms with E-state index in [0.717, 1.165) is 48.9 Å². The summed E-state index contributed by atoms with van der Waals surface area (Å²) in [6.45, 7) is 13.8. The number of ether oxygens (including phenoxy) is 1. The van der Waals surface area contributed by atoms with Crippen molar-refractivity contribution in [2.24, 2.45) is 46.3 Å². The first-order chi connectivity index (χ1) is 15.1. The molecule has 0 aromatic carbocycles. The molecule has 0 bridgehead atoms. The summed E-state index contributed by atoms with van der Waals surface area (Å²) >= 11 is 0. The van der Waals surface area contributed by atoms with E-state index < -0.39 is 12.2 Å². The molecular weight excluding hydrogens is 396 g/mol. The maximum atomic E-state index is 11.8. The van der Waals surface area contributed by atoms with E-state index in [1.54, 1.807) is 0 Å². The van der Waals surface area contributed by atoms with Gasteiger partial charge in [0.1, 0.15) is 6.10 Å². The first kappa shape index (κ1) is 24.3. The lowest BCUT2D eigenvalue weighted by molar-refractivity contribution is -0.155. The third-order valence-corrected chi connectivity index (χ3v) is 10.6. The number of fused-ring (bicyclic) bond motifs is 5. The van der Waals surface area contributed by atoms with Crippen LogP contribution in [0.15, 0.2) is 11.6 Å². The third kappa shape index (κ3) is 4.10. The van der Waals surface area contributed by atoms with Crippen LogP contribution in [0.1, 0.15) is 106 Å². The molecule has 1 unspecified atom stereocenters. The largest absolute Gasteiger partial charge is 0.455 e. The zero-order valence-electron chi connectivity index (χ0n) is 21.5. The normalized spacial score (nSPS) is 44.3. The lowest BCUT2D eigenvalue weighted by atomic mass is 9.46. The van der Waals surface area contributed by atoms with Gasteiger partial charge >= 0.3 is 5.97 Å². The predicted octanol–water partition coefficient (Wildman–Crippen LogP) is 6.93. The number of aliphatic hydroxyl groups excluding tert-OH is 1. The smallest absolute Gasteiger partial charge is 0.303 e. The second kappa shape index (κ2) is 9.08. The summed E-state index contributed by atoms with van der Waals surface area (Å²) in [5, 5.41) is 10.6. The Labute approximate surface area is 196 Å². The molecule has 3 nitrogen and oxygen atoms in total. The SMILES string of the molecule is CC(=O)OC1C2=CC[C@H]3[C@@H]4CC[C@H]([C@H](C)CCCC(C)C)[C@@]4(C)CC[C@@H]3[C@@]2(C)CC[C@@H]1O. The Bertz CT molecular complexity index is 726. The van der Waals surface area contributed by atoms with Crippen molar-refractivity contribution < 1.29 is 14.6 Å². The van der Waals surface area contributed by atoms with Crippen molar-refractivity contribution in [3.63, 3.8) is 0 Å². The van der Waals surface area contributed by atoms with Crippen LogP contribution in [0, 0.1) is 46.3 Å². The van der Waals surface area contributed by atoms with Crippen molar-refractivity contribution >= 4 is 5.97 Å². The number of aliphatic hydroxyl groups is 1. The lowest BCUT2D eigenvalue weighted by Crippen LogP contribution is -2.54. The number of allylic oxidation sites excluding steroid dienone is 1. The molecule has 0 aliphatic heterocycles. The molecule has 1 N–H and O–H groups in total. The van der Waals surface area contributed by atoms with E-state index in [9.17, 15) is 9.90 Å². The quantitative estimate of drug-likeness (QED) is 0.357. The zero-order chi connectivity index (χ0) is 23.3. The Morgan fingerprint density at radius 2 is 1.84 bits per heavy atom. The fourth-order valence-electron chi connectivity index (χ4n) is 9.04. The van der Waals surface area contributed by atoms with Crippen LogP contribution >= 0.6 is 0 Å². The zero-order valence-corrected chi connectivity index (χ0v) is 21.5. The van der Waals surface area contributed by atoms with Gasteiger partial charge in [-0.2, -0.15) is 0 Å². The van der Waals surface area contributed by atoms with Gasteiger partial charge in [0, 0.05) is 6.92 Å². The van der Waals surface area contributed by atoms with Gasteiger partial charge in [-0.25, -0.2) is 0 Å². The molecule has 0 heterocycles. The first-order valence-electron chi connectivity index (χ1n) is 13.6. The van der Waals surface area contributed by atoms with Crippen molar-refractivity contribution in [3.05, 3.63) is 11.6 Å². The van der Waals surface area contributed by atoms with Gasteiger partial charge in [0.05, 0.1) is 6.10 Å². The molecule has 3 saturated carbocycles. The van der Waals surface area contributed by atoms with E-state index in [1.165, 1.54) is 57.4 Å². The topological polar surface area (TPSA) is 46.5 Å². The van der Waals surface area contributed by atoms with Crippen LogP contribution in [-0.4, -0.2) is 23.3 Å². The van der Waals surface area contributed by atoms with Crippen LogP contribution in [0.25, 0.3) is 0 Å². The van der Waals surface area contributed by atoms with Gasteiger partial charge in [0.25, 0.3) is 0 Å². The molecule has 4 aliphatic carbocycles. The third-order valence-electron chi connectivity index (χ3n) is 10.6. The van der Waals surface area contributed by atoms with Crippen LogP contribution < -0.4 is 0 Å². The monoisotopic (exact) mass is 444 g/mol. The van der Waals surface area contributed by atoms with Gasteiger partial charge in [-0.15, -0.1) is 0 Å². The first-order valence-corrected chi connectivity index (χ1v) is 13.6. The minimum Gasteiger partial charge on any atom is -0.455 e. The van der Waals surface area contributed by atoms with Crippen molar-refractivity contribution in [1.82, 2.24) is 0 Å². The van der Waals surface area contributed by atoms with E-state index in [1.807, 2.05) is 0 Å². The van der Waals surface area contributed by atoms with Gasteiger partial charge in [-0.3, -0.25) is 4.79 Å². The average Bonchev–Trinajstić information content (AvgIpc) is 3.07. The number of hydrogen-bond acceptors (Lipinski definition) is 3. The molecule has 182 valence electrons. The van der Waals surface area contributed by atoms with Gasteiger partial charge in [-0.1, -0.05) is 60.0 Å². The highest BCUT2D eigenvalue weighted by Gasteiger charge is 2.60. The van der Waals surface area contributed by atoms with Crippen LogP contribution in [0.4, 0.5) is 0 Å². The summed E-state index contributed by atoms with van der Waals surface area (Å²) in [5.74, 6) is 4.50. The molecule has 3 fully saturated rings. The van der Waals surface area contributed by atoms with E-state index in [0.29, 0.717) is 11.3 Å². The molecular formula is C29H48O3. The average molecular weight is 445 g/mol. The van der Waals surface area contributed by atoms with Crippen molar-refractivity contribution in [2.45, 2.75) is 118 Å². The summed E-state index contributed by atoms with van der Waals surface area (Å²) < 4.78 is 5.67. The second-order valence-electron chi connectivity index (χ2n) is 12.9. The van der Waals surface area contributed by atoms with Gasteiger partial charge in [-0.05, 0) is 96.9 Å². The number of hydrogen-bond donors (Lipinski definition) is 1. The Morgan fingerprint density at radius 1 is 1.09 bits per heavy atom. The van der Waals surface area contributed by atoms with Crippen LogP contribution in [-0.2, 0) is 9.53 Å². The van der Waals surface area contributed by atoms with Crippen molar-refractivity contribution in [2.75, 3.05) is 0 Å². The Balaban J connectivity index is 1.53. The minimum absolute atomic E-state index is 0.0740. The summed E-state index contributed by atoms with van der Waals surface area (Å²) in [6.07, 6.45) is 13.9. The molecule has 0 radical (unpaired) electrons. The Hall–Kier alpha value is -0.830. The summed E-state index contributed by atoms with van der Waals surface area (Å²) in [5.41, 5.74) is 1.79. The standard InChI is InChI=1S/C29H48O3/c1-18(2)8-7-9-19(3)22-12-13-23-21-10-11-25-27(32-20(4)30)26(31)15-17-29(25,6)24(21)14-16-28(22,23)5/h11,18-19,21-24,26-27,31H,7-10,12-17H2,1-6H3/t19-,21+,22-,23+,24+,26+,27?,28-,29-/m1/s1. The van der Waals surface area contributed by atoms with Crippen molar-refractivity contribution in [1.29, 1.82) is 0 Å². The maximum absolute atomic E-state index is 11.8. The predicted molar refractivity (Wildman–Crippen MR) is 130 cm³/mol. The molecule has 0 amide bonds. The second-order valence-corrected chi connectivity index (χ2v) is 12.9. The van der Waals surface area contributed by atoms with E-state index in [4.69, 9.17) is 4.74 Å². The molecule has 4 rings (SSSR count). The van der Waals surface area contributed by atoms with E-state index >= 15 is 0 Å². The Morgan fingerprint density at radius 3 is 2.53 bits per heavy atom. The van der Waals surface area contributed by atoms with E-state index in [2.05, 4.69) is 40.7 Å². The number of esters is 1. The summed E-state index contributed by atoms with van der Waals surface area (Å²) in [6, 6.07) is 0. The molecule has 0 aromatic heterocycles. The molecule has 4 aliphatic rings. The highest BCUT2D eigenvalue weighted by Crippen LogP contribution is 2.67. The summed E-state index contributed by atoms with van der Waals surface area (Å²) in [4.78, 5) is 11.8. The van der Waals surface area contributed by atoms with Gasteiger partial charge in [0.15, 0.2) is 0 Å². The minimum atomic E-state index is -0.550. The molecule has 9 atom stereocenters. The molecule has 0 aromatic rings. The number of carbonyl (C=O) groups excluding carboxylic acids is 1. The van der Waals surface area contributed by atoms with Gasteiger partial charge < -0.3 is 9.84 Å². The Kier molecular flexibility index (Phi) is 6.90. The van der Waals surface area contributed by atoms with Crippen LogP contribution in [0.2, 0.25) is 0 Å². The highest BCUT2D eigenvalue weighted by atomic mass is 16.6. The highest BCUT2D eigenvalue weighted by molar-refractivity contribution is 5.66. The van der Waals surface area contributed by atoms with Crippen LogP contribution in [0.3, 0.4) is 0 Å².